The highest BCUT2D eigenvalue weighted by molar-refractivity contribution is 7.86. The third-order valence-corrected chi connectivity index (χ3v) is 3.81. The summed E-state index contributed by atoms with van der Waals surface area (Å²) >= 11 is 0. The minimum absolute atomic E-state index is 0.0148. The molecule has 1 aromatic rings. The Morgan fingerprint density at radius 3 is 2.17 bits per heavy atom. The van der Waals surface area contributed by atoms with Gasteiger partial charge < -0.3 is 4.74 Å². The molecular formula is C12H17NO4S. The van der Waals surface area contributed by atoms with Crippen LogP contribution >= 0.6 is 0 Å². The fourth-order valence-electron chi connectivity index (χ4n) is 1.75. The largest absolute Gasteiger partial charge is 0.481 e. The minimum Gasteiger partial charge on any atom is -0.481 e. The van der Waals surface area contributed by atoms with Crippen molar-refractivity contribution in [3.8, 4) is 0 Å². The molecule has 0 aromatic heterocycles. The fourth-order valence-corrected chi connectivity index (χ4v) is 2.94. The van der Waals surface area contributed by atoms with Crippen LogP contribution in [0.15, 0.2) is 29.5 Å². The molecule has 0 atom stereocenters. The van der Waals surface area contributed by atoms with Gasteiger partial charge in [-0.1, -0.05) is 17.7 Å². The molecule has 0 aliphatic heterocycles. The van der Waals surface area contributed by atoms with E-state index in [9.17, 15) is 8.42 Å². The van der Waals surface area contributed by atoms with E-state index in [4.69, 9.17) is 0 Å². The number of ether oxygens (including phenoxy) is 1. The van der Waals surface area contributed by atoms with Gasteiger partial charge in [0.25, 0.3) is 0 Å². The molecule has 18 heavy (non-hydrogen) atoms. The molecule has 0 bridgehead atoms. The molecule has 0 amide bonds. The van der Waals surface area contributed by atoms with E-state index in [1.807, 2.05) is 6.92 Å². The first-order valence-electron chi connectivity index (χ1n) is 5.28. The summed E-state index contributed by atoms with van der Waals surface area (Å²) in [4.78, 5) is 0.157. The Hall–Kier alpha value is -1.53. The summed E-state index contributed by atoms with van der Waals surface area (Å²) in [6.07, 6.45) is 0. The second kappa shape index (κ2) is 5.41. The summed E-state index contributed by atoms with van der Waals surface area (Å²) in [7, 11) is -2.54. The molecule has 1 aromatic carbocycles. The van der Waals surface area contributed by atoms with Gasteiger partial charge in [0.05, 0.1) is 7.11 Å². The SMILES string of the molecule is C=C(NOS(=O)(=O)c1c(C)cc(C)cc1C)OC. The van der Waals surface area contributed by atoms with Gasteiger partial charge in [0.1, 0.15) is 4.90 Å². The first-order chi connectivity index (χ1) is 8.27. The average molecular weight is 271 g/mol. The van der Waals surface area contributed by atoms with Crippen LogP contribution in [-0.4, -0.2) is 15.5 Å². The van der Waals surface area contributed by atoms with Crippen LogP contribution in [0.3, 0.4) is 0 Å². The molecule has 0 aliphatic rings. The Balaban J connectivity index is 3.10. The maximum absolute atomic E-state index is 12.0. The number of rotatable bonds is 5. The molecule has 0 unspecified atom stereocenters. The maximum atomic E-state index is 12.0. The van der Waals surface area contributed by atoms with Crippen LogP contribution in [0.4, 0.5) is 0 Å². The van der Waals surface area contributed by atoms with E-state index in [0.717, 1.165) is 5.56 Å². The molecule has 0 saturated heterocycles. The molecule has 6 heteroatoms. The van der Waals surface area contributed by atoms with E-state index in [-0.39, 0.29) is 10.8 Å². The lowest BCUT2D eigenvalue weighted by atomic mass is 10.1. The van der Waals surface area contributed by atoms with Crippen LogP contribution < -0.4 is 5.48 Å². The summed E-state index contributed by atoms with van der Waals surface area (Å²) in [5.74, 6) is 0.0148. The van der Waals surface area contributed by atoms with Gasteiger partial charge in [-0.15, -0.1) is 4.28 Å². The standard InChI is InChI=1S/C12H17NO4S/c1-8-6-9(2)12(10(3)7-8)18(14,15)17-13-11(4)16-5/h6-7,13H,4H2,1-3,5H3. The van der Waals surface area contributed by atoms with Crippen molar-refractivity contribution in [2.75, 3.05) is 7.11 Å². The van der Waals surface area contributed by atoms with Crippen molar-refractivity contribution in [3.05, 3.63) is 41.3 Å². The zero-order chi connectivity index (χ0) is 13.9. The lowest BCUT2D eigenvalue weighted by Crippen LogP contribution is -2.21. The Kier molecular flexibility index (Phi) is 4.37. The number of hydrogen-bond donors (Lipinski definition) is 1. The summed E-state index contributed by atoms with van der Waals surface area (Å²) < 4.78 is 33.4. The van der Waals surface area contributed by atoms with E-state index < -0.39 is 10.1 Å². The van der Waals surface area contributed by atoms with E-state index in [1.165, 1.54) is 7.11 Å². The molecule has 0 fully saturated rings. The van der Waals surface area contributed by atoms with Crippen LogP contribution in [0, 0.1) is 20.8 Å². The van der Waals surface area contributed by atoms with Crippen LogP contribution in [0.25, 0.3) is 0 Å². The summed E-state index contributed by atoms with van der Waals surface area (Å²) in [6, 6.07) is 3.57. The highest BCUT2D eigenvalue weighted by atomic mass is 32.2. The van der Waals surface area contributed by atoms with E-state index in [2.05, 4.69) is 21.1 Å². The van der Waals surface area contributed by atoms with Crippen LogP contribution in [0.2, 0.25) is 0 Å². The van der Waals surface area contributed by atoms with Crippen molar-refractivity contribution < 1.29 is 17.4 Å². The maximum Gasteiger partial charge on any atom is 0.318 e. The zero-order valence-electron chi connectivity index (χ0n) is 10.9. The third-order valence-electron chi connectivity index (χ3n) is 2.37. The Morgan fingerprint density at radius 1 is 1.22 bits per heavy atom. The number of benzene rings is 1. The molecule has 0 saturated carbocycles. The number of nitrogens with one attached hydrogen (secondary N) is 1. The predicted molar refractivity (Wildman–Crippen MR) is 68.2 cm³/mol. The highest BCUT2D eigenvalue weighted by Gasteiger charge is 2.21. The topological polar surface area (TPSA) is 64.6 Å². The first-order valence-corrected chi connectivity index (χ1v) is 6.69. The number of hydroxylamine groups is 1. The minimum atomic E-state index is -3.90. The van der Waals surface area contributed by atoms with Crippen molar-refractivity contribution in [3.63, 3.8) is 0 Å². The van der Waals surface area contributed by atoms with Crippen molar-refractivity contribution in [1.29, 1.82) is 0 Å². The fraction of sp³-hybridized carbons (Fsp3) is 0.333. The Morgan fingerprint density at radius 2 is 1.72 bits per heavy atom. The lowest BCUT2D eigenvalue weighted by Gasteiger charge is -2.13. The summed E-state index contributed by atoms with van der Waals surface area (Å²) in [6.45, 7) is 8.76. The molecule has 0 radical (unpaired) electrons. The van der Waals surface area contributed by atoms with E-state index in [1.54, 1.807) is 26.0 Å². The van der Waals surface area contributed by atoms with Gasteiger partial charge in [0.2, 0.25) is 5.88 Å². The molecule has 0 spiro atoms. The monoisotopic (exact) mass is 271 g/mol. The van der Waals surface area contributed by atoms with E-state index in [0.29, 0.717) is 11.1 Å². The second-order valence-corrected chi connectivity index (χ2v) is 5.48. The quantitative estimate of drug-likeness (QED) is 0.655. The van der Waals surface area contributed by atoms with Crippen molar-refractivity contribution in [2.24, 2.45) is 0 Å². The molecule has 5 nitrogen and oxygen atoms in total. The van der Waals surface area contributed by atoms with E-state index >= 15 is 0 Å². The molecule has 0 heterocycles. The Labute approximate surface area is 107 Å². The average Bonchev–Trinajstić information content (AvgIpc) is 2.24. The van der Waals surface area contributed by atoms with Gasteiger partial charge >= 0.3 is 10.1 Å². The highest BCUT2D eigenvalue weighted by Crippen LogP contribution is 2.23. The van der Waals surface area contributed by atoms with Gasteiger partial charge in [-0.05, 0) is 38.5 Å². The second-order valence-electron chi connectivity index (χ2n) is 3.99. The first kappa shape index (κ1) is 14.5. The molecular weight excluding hydrogens is 254 g/mol. The predicted octanol–water partition coefficient (Wildman–Crippen LogP) is 1.94. The molecule has 100 valence electrons. The number of hydrogen-bond acceptors (Lipinski definition) is 5. The number of aryl methyl sites for hydroxylation is 3. The molecule has 0 aliphatic carbocycles. The van der Waals surface area contributed by atoms with Gasteiger partial charge in [-0.25, -0.2) is 5.48 Å². The molecule has 1 rings (SSSR count). The summed E-state index contributed by atoms with van der Waals surface area (Å²) in [5, 5.41) is 0. The zero-order valence-corrected chi connectivity index (χ0v) is 11.7. The van der Waals surface area contributed by atoms with Crippen molar-refractivity contribution >= 4 is 10.1 Å². The molecule has 1 N–H and O–H groups in total. The van der Waals surface area contributed by atoms with Crippen LogP contribution in [0.1, 0.15) is 16.7 Å². The van der Waals surface area contributed by atoms with Gasteiger partial charge in [0.15, 0.2) is 0 Å². The van der Waals surface area contributed by atoms with Crippen LogP contribution in [0.5, 0.6) is 0 Å². The smallest absolute Gasteiger partial charge is 0.318 e. The lowest BCUT2D eigenvalue weighted by molar-refractivity contribution is 0.143. The van der Waals surface area contributed by atoms with Gasteiger partial charge in [-0.2, -0.15) is 8.42 Å². The van der Waals surface area contributed by atoms with Crippen molar-refractivity contribution in [2.45, 2.75) is 25.7 Å². The number of methoxy groups -OCH3 is 1. The summed E-state index contributed by atoms with van der Waals surface area (Å²) in [5.41, 5.74) is 4.41. The Bertz CT molecular complexity index is 540. The van der Waals surface area contributed by atoms with Gasteiger partial charge in [0, 0.05) is 0 Å². The van der Waals surface area contributed by atoms with Crippen LogP contribution in [-0.2, 0) is 19.1 Å². The van der Waals surface area contributed by atoms with Crippen molar-refractivity contribution in [1.82, 2.24) is 5.48 Å². The van der Waals surface area contributed by atoms with Gasteiger partial charge in [-0.3, -0.25) is 0 Å². The normalized spacial score (nSPS) is 11.1. The third kappa shape index (κ3) is 3.24.